The van der Waals surface area contributed by atoms with Crippen LogP contribution in [-0.2, 0) is 33.3 Å². The van der Waals surface area contributed by atoms with E-state index in [1.54, 1.807) is 0 Å². The minimum Gasteiger partial charge on any atom is -0.463 e. The lowest BCUT2D eigenvalue weighted by atomic mass is 10.1. The highest BCUT2D eigenvalue weighted by Gasteiger charge is 2.43. The van der Waals surface area contributed by atoms with Gasteiger partial charge in [0.1, 0.15) is 12.7 Å². The lowest BCUT2D eigenvalue weighted by Crippen LogP contribution is -2.40. The van der Waals surface area contributed by atoms with E-state index in [2.05, 4.69) is 81.2 Å². The lowest BCUT2D eigenvalue weighted by molar-refractivity contribution is -0.168. The Morgan fingerprint density at radius 2 is 0.965 bits per heavy atom. The summed E-state index contributed by atoms with van der Waals surface area (Å²) in [7, 11) is 0. The van der Waals surface area contributed by atoms with Gasteiger partial charge in [-0.05, 0) is 103 Å². The van der Waals surface area contributed by atoms with Gasteiger partial charge in [0.2, 0.25) is 0 Å². The van der Waals surface area contributed by atoms with Crippen molar-refractivity contribution < 1.29 is 33.3 Å². The highest BCUT2D eigenvalue weighted by atomic mass is 16.6. The zero-order chi connectivity index (χ0) is 41.4. The van der Waals surface area contributed by atoms with Crippen LogP contribution in [0, 0.1) is 0 Å². The first-order valence-electron chi connectivity index (χ1n) is 23.4. The van der Waals surface area contributed by atoms with Gasteiger partial charge in [-0.2, -0.15) is 0 Å². The van der Waals surface area contributed by atoms with Gasteiger partial charge in [-0.1, -0.05) is 141 Å². The molecule has 0 aromatic heterocycles. The van der Waals surface area contributed by atoms with Gasteiger partial charge >= 0.3 is 17.9 Å². The van der Waals surface area contributed by atoms with E-state index in [1.807, 2.05) is 0 Å². The molecule has 0 saturated carbocycles. The molecule has 0 N–H and O–H groups in total. The second-order valence-electron chi connectivity index (χ2n) is 15.6. The van der Waals surface area contributed by atoms with Crippen molar-refractivity contribution in [3.05, 3.63) is 48.6 Å². The van der Waals surface area contributed by atoms with Crippen molar-refractivity contribution in [2.24, 2.45) is 0 Å². The van der Waals surface area contributed by atoms with Crippen molar-refractivity contribution in [3.8, 4) is 0 Å². The normalized spacial score (nSPS) is 17.2. The largest absolute Gasteiger partial charge is 0.463 e. The van der Waals surface area contributed by atoms with Crippen LogP contribution in [0.5, 0.6) is 0 Å². The average molecular weight is 800 g/mol. The van der Waals surface area contributed by atoms with Crippen molar-refractivity contribution in [2.45, 2.75) is 213 Å². The van der Waals surface area contributed by atoms with Crippen LogP contribution in [0.3, 0.4) is 0 Å². The number of rotatable bonds is 38. The SMILES string of the molecule is CCCCC/C=C\C/C=C\CCCCCCCC(=O)O[C@@H]1[C@@H](OC(=O)CCCCCCC/C=C\C/C=C\CCCCC)CO[C@@H]1COC(=O)CCCN(CC)CC. The number of hydrogen-bond donors (Lipinski definition) is 0. The van der Waals surface area contributed by atoms with Gasteiger partial charge in [0.15, 0.2) is 12.2 Å². The van der Waals surface area contributed by atoms with E-state index < -0.39 is 18.3 Å². The van der Waals surface area contributed by atoms with Crippen LogP contribution in [0.25, 0.3) is 0 Å². The van der Waals surface area contributed by atoms with Crippen LogP contribution in [0.1, 0.15) is 195 Å². The number of carbonyl (C=O) groups excluding carboxylic acids is 3. The molecule has 0 aromatic rings. The van der Waals surface area contributed by atoms with Crippen LogP contribution >= 0.6 is 0 Å². The molecule has 1 fully saturated rings. The maximum atomic E-state index is 13.0. The van der Waals surface area contributed by atoms with Gasteiger partial charge in [0.05, 0.1) is 6.61 Å². The number of nitrogens with zero attached hydrogens (tertiary/aromatic N) is 1. The van der Waals surface area contributed by atoms with Crippen LogP contribution in [-0.4, -0.2) is 74.0 Å². The van der Waals surface area contributed by atoms with E-state index in [4.69, 9.17) is 18.9 Å². The molecule has 0 aliphatic carbocycles. The van der Waals surface area contributed by atoms with Crippen molar-refractivity contribution in [1.29, 1.82) is 0 Å². The smallest absolute Gasteiger partial charge is 0.306 e. The van der Waals surface area contributed by atoms with Crippen LogP contribution in [0.2, 0.25) is 0 Å². The molecule has 0 bridgehead atoms. The first-order chi connectivity index (χ1) is 27.9. The molecule has 0 spiro atoms. The number of allylic oxidation sites excluding steroid dienone is 8. The fourth-order valence-corrected chi connectivity index (χ4v) is 6.88. The number of carbonyl (C=O) groups is 3. The van der Waals surface area contributed by atoms with Crippen molar-refractivity contribution in [1.82, 2.24) is 4.90 Å². The number of esters is 3. The van der Waals surface area contributed by atoms with E-state index in [9.17, 15) is 14.4 Å². The third kappa shape index (κ3) is 31.0. The van der Waals surface area contributed by atoms with Crippen LogP contribution in [0.15, 0.2) is 48.6 Å². The van der Waals surface area contributed by atoms with Crippen molar-refractivity contribution in [3.63, 3.8) is 0 Å². The molecule has 0 radical (unpaired) electrons. The van der Waals surface area contributed by atoms with E-state index in [1.165, 1.54) is 51.4 Å². The Morgan fingerprint density at radius 3 is 1.46 bits per heavy atom. The molecule has 1 heterocycles. The van der Waals surface area contributed by atoms with Gasteiger partial charge in [-0.3, -0.25) is 14.4 Å². The maximum absolute atomic E-state index is 13.0. The molecule has 0 amide bonds. The second-order valence-corrected chi connectivity index (χ2v) is 15.6. The predicted molar refractivity (Wildman–Crippen MR) is 236 cm³/mol. The molecular formula is C49H85NO7. The zero-order valence-electron chi connectivity index (χ0n) is 37.1. The Kier molecular flexibility index (Phi) is 35.6. The zero-order valence-corrected chi connectivity index (χ0v) is 37.1. The summed E-state index contributed by atoms with van der Waals surface area (Å²) >= 11 is 0. The molecule has 3 atom stereocenters. The molecule has 1 rings (SSSR count). The Balaban J connectivity index is 2.43. The van der Waals surface area contributed by atoms with Gasteiger partial charge < -0.3 is 23.8 Å². The average Bonchev–Trinajstić information content (AvgIpc) is 3.58. The van der Waals surface area contributed by atoms with Gasteiger partial charge in [0.25, 0.3) is 0 Å². The maximum Gasteiger partial charge on any atom is 0.306 e. The first kappa shape index (κ1) is 52.3. The second kappa shape index (κ2) is 38.8. The summed E-state index contributed by atoms with van der Waals surface area (Å²) in [5.41, 5.74) is 0. The predicted octanol–water partition coefficient (Wildman–Crippen LogP) is 12.5. The molecular weight excluding hydrogens is 715 g/mol. The molecule has 1 aliphatic rings. The third-order valence-electron chi connectivity index (χ3n) is 10.6. The Bertz CT molecular complexity index is 1100. The van der Waals surface area contributed by atoms with E-state index in [0.717, 1.165) is 110 Å². The quantitative estimate of drug-likeness (QED) is 0.0264. The van der Waals surface area contributed by atoms with E-state index >= 15 is 0 Å². The van der Waals surface area contributed by atoms with Gasteiger partial charge in [0, 0.05) is 19.3 Å². The molecule has 57 heavy (non-hydrogen) atoms. The molecule has 328 valence electrons. The molecule has 8 nitrogen and oxygen atoms in total. The number of unbranched alkanes of at least 4 members (excludes halogenated alkanes) is 16. The van der Waals surface area contributed by atoms with E-state index in [0.29, 0.717) is 25.7 Å². The number of ether oxygens (including phenoxy) is 4. The van der Waals surface area contributed by atoms with Gasteiger partial charge in [-0.25, -0.2) is 0 Å². The fraction of sp³-hybridized carbons (Fsp3) is 0.776. The molecule has 8 heteroatoms. The summed E-state index contributed by atoms with van der Waals surface area (Å²) in [5, 5.41) is 0. The first-order valence-corrected chi connectivity index (χ1v) is 23.4. The summed E-state index contributed by atoms with van der Waals surface area (Å²) in [4.78, 5) is 40.6. The van der Waals surface area contributed by atoms with Crippen molar-refractivity contribution >= 4 is 17.9 Å². The summed E-state index contributed by atoms with van der Waals surface area (Å²) in [6.45, 7) is 11.5. The summed E-state index contributed by atoms with van der Waals surface area (Å²) < 4.78 is 23.2. The minimum atomic E-state index is -0.799. The topological polar surface area (TPSA) is 91.4 Å². The number of hydrogen-bond acceptors (Lipinski definition) is 8. The third-order valence-corrected chi connectivity index (χ3v) is 10.6. The Hall–Kier alpha value is -2.71. The molecule has 1 aliphatic heterocycles. The van der Waals surface area contributed by atoms with Crippen LogP contribution in [0.4, 0.5) is 0 Å². The monoisotopic (exact) mass is 800 g/mol. The lowest BCUT2D eigenvalue weighted by Gasteiger charge is -2.23. The standard InChI is InChI=1S/C49H85NO7/c1-5-9-11-13-15-17-19-21-23-25-27-29-31-33-35-38-47(52)56-45-43-54-44(42-55-46(51)40-37-41-50(7-3)8-4)49(45)57-48(53)39-36-34-32-30-28-26-24-22-20-18-16-14-12-10-6-2/h15-18,21-24,44-45,49H,5-14,19-20,25-43H2,1-4H3/b17-15-,18-16-,23-21-,24-22-/t44-,45+,49+/m1/s1. The molecule has 1 saturated heterocycles. The van der Waals surface area contributed by atoms with Crippen LogP contribution < -0.4 is 0 Å². The Morgan fingerprint density at radius 1 is 0.526 bits per heavy atom. The summed E-state index contributed by atoms with van der Waals surface area (Å²) in [6.07, 6.45) is 42.1. The summed E-state index contributed by atoms with van der Waals surface area (Å²) in [6, 6.07) is 0. The highest BCUT2D eigenvalue weighted by Crippen LogP contribution is 2.24. The van der Waals surface area contributed by atoms with Crippen molar-refractivity contribution in [2.75, 3.05) is 32.8 Å². The highest BCUT2D eigenvalue weighted by molar-refractivity contribution is 5.71. The summed E-state index contributed by atoms with van der Waals surface area (Å²) in [5.74, 6) is -0.942. The van der Waals surface area contributed by atoms with Gasteiger partial charge in [-0.15, -0.1) is 0 Å². The molecule has 0 unspecified atom stereocenters. The fourth-order valence-electron chi connectivity index (χ4n) is 6.88. The van der Waals surface area contributed by atoms with E-state index in [-0.39, 0.29) is 31.1 Å². The molecule has 0 aromatic carbocycles. The Labute approximate surface area is 349 Å². The minimum absolute atomic E-state index is 0.0370.